The Morgan fingerprint density at radius 1 is 1.21 bits per heavy atom. The highest BCUT2D eigenvalue weighted by Crippen LogP contribution is 2.31. The Bertz CT molecular complexity index is 997. The van der Waals surface area contributed by atoms with Gasteiger partial charge in [-0.25, -0.2) is 0 Å². The van der Waals surface area contributed by atoms with E-state index in [0.29, 0.717) is 11.4 Å². The van der Waals surface area contributed by atoms with Crippen LogP contribution in [0.5, 0.6) is 11.5 Å². The number of amides is 1. The van der Waals surface area contributed by atoms with E-state index in [0.717, 1.165) is 11.1 Å². The second-order valence-corrected chi connectivity index (χ2v) is 5.87. The molecule has 0 aliphatic carbocycles. The quantitative estimate of drug-likeness (QED) is 0.489. The van der Waals surface area contributed by atoms with Crippen molar-refractivity contribution in [3.63, 3.8) is 0 Å². The molecule has 1 amide bonds. The Morgan fingerprint density at radius 2 is 1.96 bits per heavy atom. The number of nitrogens with zero attached hydrogens (tertiary/aromatic N) is 2. The molecule has 0 bridgehead atoms. The fourth-order valence-corrected chi connectivity index (χ4v) is 2.40. The zero-order valence-corrected chi connectivity index (χ0v) is 15.2. The summed E-state index contributed by atoms with van der Waals surface area (Å²) in [5, 5.41) is 17.5. The molecule has 9 nitrogen and oxygen atoms in total. The number of nitro groups is 1. The molecule has 3 aromatic rings. The van der Waals surface area contributed by atoms with Gasteiger partial charge < -0.3 is 14.0 Å². The van der Waals surface area contributed by atoms with Gasteiger partial charge in [0.2, 0.25) is 5.88 Å². The third-order valence-corrected chi connectivity index (χ3v) is 3.84. The predicted octanol–water partition coefficient (Wildman–Crippen LogP) is 3.58. The zero-order valence-electron chi connectivity index (χ0n) is 15.2. The summed E-state index contributed by atoms with van der Waals surface area (Å²) in [6.07, 6.45) is 0. The van der Waals surface area contributed by atoms with Crippen LogP contribution in [0.2, 0.25) is 0 Å². The Morgan fingerprint density at radius 3 is 2.64 bits per heavy atom. The number of methoxy groups -OCH3 is 1. The number of nitrogens with one attached hydrogen (secondary N) is 1. The minimum atomic E-state index is -0.611. The average Bonchev–Trinajstić information content (AvgIpc) is 3.15. The van der Waals surface area contributed by atoms with Gasteiger partial charge in [0.1, 0.15) is 11.4 Å². The van der Waals surface area contributed by atoms with Gasteiger partial charge in [0.15, 0.2) is 12.4 Å². The normalized spacial score (nSPS) is 10.4. The Hall–Kier alpha value is -3.88. The van der Waals surface area contributed by atoms with Crippen LogP contribution in [0.3, 0.4) is 0 Å². The van der Waals surface area contributed by atoms with Crippen molar-refractivity contribution in [2.45, 2.75) is 6.92 Å². The standard InChI is InChI=1S/C19H17N3O6/c1-12-3-5-13(6-4-12)15-10-19(28-21-15)20-18(23)11-27-17-8-7-14(26-2)9-16(17)22(24)25/h3-10H,11H2,1-2H3,(H,20,23). The van der Waals surface area contributed by atoms with Crippen molar-refractivity contribution >= 4 is 17.5 Å². The molecular formula is C19H17N3O6. The maximum Gasteiger partial charge on any atom is 0.314 e. The SMILES string of the molecule is COc1ccc(OCC(=O)Nc2cc(-c3ccc(C)cc3)no2)c([N+](=O)[O-])c1. The first-order valence-electron chi connectivity index (χ1n) is 8.25. The fraction of sp³-hybridized carbons (Fsp3) is 0.158. The van der Waals surface area contributed by atoms with Crippen LogP contribution in [0.25, 0.3) is 11.3 Å². The number of rotatable bonds is 7. The molecule has 0 aliphatic rings. The summed E-state index contributed by atoms with van der Waals surface area (Å²) >= 11 is 0. The highest BCUT2D eigenvalue weighted by atomic mass is 16.6. The summed E-state index contributed by atoms with van der Waals surface area (Å²) in [6.45, 7) is 1.54. The lowest BCUT2D eigenvalue weighted by atomic mass is 10.1. The third kappa shape index (κ3) is 4.44. The van der Waals surface area contributed by atoms with Crippen molar-refractivity contribution in [3.05, 3.63) is 64.2 Å². The van der Waals surface area contributed by atoms with E-state index in [1.165, 1.54) is 25.3 Å². The van der Waals surface area contributed by atoms with Gasteiger partial charge in [0.25, 0.3) is 5.91 Å². The Kier molecular flexibility index (Phi) is 5.54. The zero-order chi connectivity index (χ0) is 20.1. The van der Waals surface area contributed by atoms with Gasteiger partial charge in [-0.15, -0.1) is 0 Å². The largest absolute Gasteiger partial charge is 0.496 e. The van der Waals surface area contributed by atoms with Gasteiger partial charge >= 0.3 is 5.69 Å². The van der Waals surface area contributed by atoms with Crippen molar-refractivity contribution in [3.8, 4) is 22.8 Å². The fourth-order valence-electron chi connectivity index (χ4n) is 2.40. The topological polar surface area (TPSA) is 117 Å². The number of carbonyl (C=O) groups is 1. The lowest BCUT2D eigenvalue weighted by molar-refractivity contribution is -0.385. The molecule has 144 valence electrons. The summed E-state index contributed by atoms with van der Waals surface area (Å²) < 4.78 is 15.3. The molecule has 0 aliphatic heterocycles. The van der Waals surface area contributed by atoms with Crippen molar-refractivity contribution in [1.29, 1.82) is 0 Å². The molecular weight excluding hydrogens is 366 g/mol. The van der Waals surface area contributed by atoms with E-state index in [-0.39, 0.29) is 17.3 Å². The van der Waals surface area contributed by atoms with Crippen LogP contribution in [-0.2, 0) is 4.79 Å². The molecule has 0 fully saturated rings. The van der Waals surface area contributed by atoms with E-state index >= 15 is 0 Å². The summed E-state index contributed by atoms with van der Waals surface area (Å²) in [4.78, 5) is 22.6. The number of hydrogen-bond donors (Lipinski definition) is 1. The van der Waals surface area contributed by atoms with Crippen molar-refractivity contribution in [2.75, 3.05) is 19.0 Å². The van der Waals surface area contributed by atoms with Crippen molar-refractivity contribution < 1.29 is 23.7 Å². The van der Waals surface area contributed by atoms with Crippen LogP contribution in [0.4, 0.5) is 11.6 Å². The summed E-state index contributed by atoms with van der Waals surface area (Å²) in [5.74, 6) is -0.127. The molecule has 0 radical (unpaired) electrons. The molecule has 0 unspecified atom stereocenters. The first-order chi connectivity index (χ1) is 13.5. The predicted molar refractivity (Wildman–Crippen MR) is 100 cm³/mol. The van der Waals surface area contributed by atoms with E-state index in [9.17, 15) is 14.9 Å². The number of anilines is 1. The third-order valence-electron chi connectivity index (χ3n) is 3.84. The van der Waals surface area contributed by atoms with E-state index in [2.05, 4.69) is 10.5 Å². The maximum atomic E-state index is 12.1. The average molecular weight is 383 g/mol. The number of aromatic nitrogens is 1. The monoisotopic (exact) mass is 383 g/mol. The van der Waals surface area contributed by atoms with E-state index in [1.807, 2.05) is 31.2 Å². The second-order valence-electron chi connectivity index (χ2n) is 5.87. The number of hydrogen-bond acceptors (Lipinski definition) is 7. The minimum Gasteiger partial charge on any atom is -0.496 e. The van der Waals surface area contributed by atoms with E-state index < -0.39 is 17.4 Å². The lowest BCUT2D eigenvalue weighted by Crippen LogP contribution is -2.20. The summed E-state index contributed by atoms with van der Waals surface area (Å²) in [7, 11) is 1.40. The molecule has 28 heavy (non-hydrogen) atoms. The molecule has 3 rings (SSSR count). The van der Waals surface area contributed by atoms with E-state index in [1.54, 1.807) is 6.07 Å². The number of carbonyl (C=O) groups excluding carboxylic acids is 1. The van der Waals surface area contributed by atoms with Crippen LogP contribution in [0.15, 0.2) is 53.1 Å². The van der Waals surface area contributed by atoms with Crippen LogP contribution >= 0.6 is 0 Å². The van der Waals surface area contributed by atoms with Crippen molar-refractivity contribution in [1.82, 2.24) is 5.16 Å². The van der Waals surface area contributed by atoms with Crippen LogP contribution in [0, 0.1) is 17.0 Å². The molecule has 1 heterocycles. The molecule has 1 N–H and O–H groups in total. The first-order valence-corrected chi connectivity index (χ1v) is 8.25. The van der Waals surface area contributed by atoms with Crippen LogP contribution in [-0.4, -0.2) is 29.7 Å². The number of ether oxygens (including phenoxy) is 2. The number of benzene rings is 2. The van der Waals surface area contributed by atoms with Crippen LogP contribution < -0.4 is 14.8 Å². The lowest BCUT2D eigenvalue weighted by Gasteiger charge is -2.07. The van der Waals surface area contributed by atoms with Gasteiger partial charge in [-0.05, 0) is 19.1 Å². The van der Waals surface area contributed by atoms with E-state index in [4.69, 9.17) is 14.0 Å². The van der Waals surface area contributed by atoms with Gasteiger partial charge in [-0.1, -0.05) is 35.0 Å². The highest BCUT2D eigenvalue weighted by molar-refractivity contribution is 5.91. The Labute approximate surface area is 160 Å². The van der Waals surface area contributed by atoms with Crippen LogP contribution in [0.1, 0.15) is 5.56 Å². The van der Waals surface area contributed by atoms with Crippen molar-refractivity contribution in [2.24, 2.45) is 0 Å². The summed E-state index contributed by atoms with van der Waals surface area (Å²) in [6, 6.07) is 13.3. The Balaban J connectivity index is 1.62. The highest BCUT2D eigenvalue weighted by Gasteiger charge is 2.18. The molecule has 0 spiro atoms. The molecule has 9 heteroatoms. The van der Waals surface area contributed by atoms with Gasteiger partial charge in [0, 0.05) is 11.6 Å². The summed E-state index contributed by atoms with van der Waals surface area (Å²) in [5.41, 5.74) is 2.24. The number of aryl methyl sites for hydroxylation is 1. The number of nitro benzene ring substituents is 1. The van der Waals surface area contributed by atoms with Gasteiger partial charge in [-0.3, -0.25) is 20.2 Å². The molecule has 1 aromatic heterocycles. The molecule has 2 aromatic carbocycles. The van der Waals surface area contributed by atoms with Gasteiger partial charge in [-0.2, -0.15) is 0 Å². The second kappa shape index (κ2) is 8.21. The molecule has 0 atom stereocenters. The maximum absolute atomic E-state index is 12.1. The molecule has 0 saturated heterocycles. The van der Waals surface area contributed by atoms with Gasteiger partial charge in [0.05, 0.1) is 18.1 Å². The minimum absolute atomic E-state index is 0.0427. The smallest absolute Gasteiger partial charge is 0.314 e. The first kappa shape index (κ1) is 18.9. The molecule has 0 saturated carbocycles.